The summed E-state index contributed by atoms with van der Waals surface area (Å²) in [6.07, 6.45) is 18.7. The Morgan fingerprint density at radius 2 is 0.786 bits per heavy atom. The summed E-state index contributed by atoms with van der Waals surface area (Å²) in [6.45, 7) is 1.06. The summed E-state index contributed by atoms with van der Waals surface area (Å²) >= 11 is 0. The van der Waals surface area contributed by atoms with E-state index in [1.54, 1.807) is 0 Å². The first-order chi connectivity index (χ1) is 20.7. The molecule has 0 aliphatic rings. The summed E-state index contributed by atoms with van der Waals surface area (Å²) in [7, 11) is 0. The van der Waals surface area contributed by atoms with Crippen LogP contribution in [-0.2, 0) is 31.9 Å². The van der Waals surface area contributed by atoms with Gasteiger partial charge in [-0.2, -0.15) is 0 Å². The number of unbranched alkanes of at least 4 members (excludes halogenated alkanes) is 14. The summed E-state index contributed by atoms with van der Waals surface area (Å²) in [5.74, 6) is 12.1. The monoisotopic (exact) mass is 570 g/mol. The van der Waals surface area contributed by atoms with Crippen LogP contribution in [0.4, 0.5) is 0 Å². The minimum Gasteiger partial charge on any atom is -0.465 e. The van der Waals surface area contributed by atoms with Crippen LogP contribution >= 0.6 is 0 Å². The highest BCUT2D eigenvalue weighted by Crippen LogP contribution is 2.10. The maximum Gasteiger partial charge on any atom is 0.310 e. The second-order valence-corrected chi connectivity index (χ2v) is 10.8. The molecule has 2 aromatic carbocycles. The minimum atomic E-state index is -0.136. The highest BCUT2D eigenvalue weighted by molar-refractivity contribution is 5.72. The van der Waals surface area contributed by atoms with Crippen molar-refractivity contribution in [3.05, 3.63) is 71.8 Å². The first kappa shape index (κ1) is 34.7. The molecule has 0 fully saturated rings. The molecule has 4 nitrogen and oxygen atoms in total. The molecule has 0 N–H and O–H groups in total. The molecule has 0 bridgehead atoms. The van der Waals surface area contributed by atoms with E-state index in [2.05, 4.69) is 23.7 Å². The molecule has 0 saturated carbocycles. The highest BCUT2D eigenvalue weighted by Gasteiger charge is 2.05. The van der Waals surface area contributed by atoms with Crippen molar-refractivity contribution < 1.29 is 19.1 Å². The zero-order valence-electron chi connectivity index (χ0n) is 25.5. The molecule has 0 amide bonds. The Bertz CT molecular complexity index is 996. The van der Waals surface area contributed by atoms with E-state index in [0.717, 1.165) is 62.5 Å². The predicted molar refractivity (Wildman–Crippen MR) is 172 cm³/mol. The second kappa shape index (κ2) is 25.2. The van der Waals surface area contributed by atoms with Crippen molar-refractivity contribution in [3.63, 3.8) is 0 Å². The van der Waals surface area contributed by atoms with Gasteiger partial charge in [0.1, 0.15) is 0 Å². The van der Waals surface area contributed by atoms with Crippen LogP contribution in [0.5, 0.6) is 0 Å². The quantitative estimate of drug-likeness (QED) is 0.0806. The van der Waals surface area contributed by atoms with Crippen LogP contribution in [0.2, 0.25) is 0 Å². The summed E-state index contributed by atoms with van der Waals surface area (Å²) in [6, 6.07) is 19.5. The SMILES string of the molecule is O=C(Cc1ccccc1)OCCCCCCCCCC#CC#CCCCCCCCCCOC(=O)Cc1ccccc1. The van der Waals surface area contributed by atoms with Crippen LogP contribution in [0.3, 0.4) is 0 Å². The second-order valence-electron chi connectivity index (χ2n) is 10.8. The van der Waals surface area contributed by atoms with E-state index in [1.165, 1.54) is 51.4 Å². The van der Waals surface area contributed by atoms with Gasteiger partial charge in [0.15, 0.2) is 0 Å². The van der Waals surface area contributed by atoms with Gasteiger partial charge in [-0.25, -0.2) is 0 Å². The standard InChI is InChI=1S/C38H50O4/c39-37(33-35-27-21-19-22-28-35)41-31-25-17-15-13-11-9-7-5-3-1-2-4-6-8-10-12-14-16-18-26-32-42-38(40)34-36-29-23-20-24-30-36/h19-24,27-30H,5-18,25-26,31-34H2. The van der Waals surface area contributed by atoms with Crippen molar-refractivity contribution in [3.8, 4) is 23.7 Å². The van der Waals surface area contributed by atoms with E-state index in [0.29, 0.717) is 26.1 Å². The average Bonchev–Trinajstić information content (AvgIpc) is 3.00. The molecule has 0 atom stereocenters. The van der Waals surface area contributed by atoms with Crippen LogP contribution < -0.4 is 0 Å². The number of esters is 2. The summed E-state index contributed by atoms with van der Waals surface area (Å²) < 4.78 is 10.7. The first-order valence-electron chi connectivity index (χ1n) is 16.1. The molecule has 0 spiro atoms. The van der Waals surface area contributed by atoms with Crippen LogP contribution in [0.15, 0.2) is 60.7 Å². The maximum atomic E-state index is 11.8. The molecule has 0 unspecified atom stereocenters. The van der Waals surface area contributed by atoms with Crippen LogP contribution in [0.1, 0.15) is 114 Å². The van der Waals surface area contributed by atoms with Crippen molar-refractivity contribution >= 4 is 11.9 Å². The number of benzene rings is 2. The van der Waals surface area contributed by atoms with Gasteiger partial charge in [-0.05, 0) is 48.7 Å². The molecule has 2 aromatic rings. The van der Waals surface area contributed by atoms with Gasteiger partial charge < -0.3 is 9.47 Å². The Morgan fingerprint density at radius 3 is 1.17 bits per heavy atom. The maximum absolute atomic E-state index is 11.8. The molecule has 42 heavy (non-hydrogen) atoms. The molecule has 0 aliphatic heterocycles. The number of carbonyl (C=O) groups is 2. The zero-order valence-corrected chi connectivity index (χ0v) is 25.5. The topological polar surface area (TPSA) is 52.6 Å². The summed E-state index contributed by atoms with van der Waals surface area (Å²) in [5.41, 5.74) is 2.00. The van der Waals surface area contributed by atoms with Gasteiger partial charge >= 0.3 is 11.9 Å². The van der Waals surface area contributed by atoms with Crippen molar-refractivity contribution in [2.45, 2.75) is 116 Å². The number of rotatable bonds is 22. The number of ether oxygens (including phenoxy) is 2. The van der Waals surface area contributed by atoms with E-state index in [1.807, 2.05) is 60.7 Å². The Balaban J connectivity index is 1.27. The molecule has 0 aliphatic carbocycles. The Morgan fingerprint density at radius 1 is 0.452 bits per heavy atom. The summed E-state index contributed by atoms with van der Waals surface area (Å²) in [4.78, 5) is 23.6. The Hall–Kier alpha value is -3.50. The minimum absolute atomic E-state index is 0.136. The van der Waals surface area contributed by atoms with E-state index >= 15 is 0 Å². The molecule has 0 saturated heterocycles. The largest absolute Gasteiger partial charge is 0.465 e. The van der Waals surface area contributed by atoms with Gasteiger partial charge in [-0.15, -0.1) is 0 Å². The third-order valence-electron chi connectivity index (χ3n) is 7.04. The van der Waals surface area contributed by atoms with Crippen molar-refractivity contribution in [1.29, 1.82) is 0 Å². The van der Waals surface area contributed by atoms with Crippen molar-refractivity contribution in [2.24, 2.45) is 0 Å². The van der Waals surface area contributed by atoms with Gasteiger partial charge in [-0.3, -0.25) is 9.59 Å². The number of hydrogen-bond acceptors (Lipinski definition) is 4. The zero-order chi connectivity index (χ0) is 29.8. The highest BCUT2D eigenvalue weighted by atomic mass is 16.5. The number of hydrogen-bond donors (Lipinski definition) is 0. The molecule has 0 heterocycles. The van der Waals surface area contributed by atoms with Gasteiger partial charge in [0.25, 0.3) is 0 Å². The van der Waals surface area contributed by atoms with Gasteiger partial charge in [0.2, 0.25) is 0 Å². The van der Waals surface area contributed by atoms with E-state index in [4.69, 9.17) is 9.47 Å². The lowest BCUT2D eigenvalue weighted by Gasteiger charge is -2.05. The molecule has 0 radical (unpaired) electrons. The van der Waals surface area contributed by atoms with Gasteiger partial charge in [0, 0.05) is 12.8 Å². The first-order valence-corrected chi connectivity index (χ1v) is 16.1. The molecule has 226 valence electrons. The molecule has 0 aromatic heterocycles. The molecular formula is C38H50O4. The molecule has 2 rings (SSSR count). The van der Waals surface area contributed by atoms with E-state index in [9.17, 15) is 9.59 Å². The Kier molecular flexibility index (Phi) is 20.8. The fraction of sp³-hybridized carbons (Fsp3) is 0.526. The van der Waals surface area contributed by atoms with Crippen LogP contribution in [-0.4, -0.2) is 25.2 Å². The number of carbonyl (C=O) groups excluding carboxylic acids is 2. The molecule has 4 heteroatoms. The third kappa shape index (κ3) is 20.4. The lowest BCUT2D eigenvalue weighted by Crippen LogP contribution is -2.08. The van der Waals surface area contributed by atoms with Crippen molar-refractivity contribution in [2.75, 3.05) is 13.2 Å². The van der Waals surface area contributed by atoms with E-state index < -0.39 is 0 Å². The fourth-order valence-electron chi connectivity index (χ4n) is 4.61. The average molecular weight is 571 g/mol. The van der Waals surface area contributed by atoms with Crippen LogP contribution in [0, 0.1) is 23.7 Å². The predicted octanol–water partition coefficient (Wildman–Crippen LogP) is 8.81. The van der Waals surface area contributed by atoms with Crippen molar-refractivity contribution in [1.82, 2.24) is 0 Å². The smallest absolute Gasteiger partial charge is 0.310 e. The van der Waals surface area contributed by atoms with Crippen LogP contribution in [0.25, 0.3) is 0 Å². The lowest BCUT2D eigenvalue weighted by molar-refractivity contribution is -0.143. The fourth-order valence-corrected chi connectivity index (χ4v) is 4.61. The summed E-state index contributed by atoms with van der Waals surface area (Å²) in [5, 5.41) is 0. The Labute approximate surface area is 255 Å². The van der Waals surface area contributed by atoms with Gasteiger partial charge in [0.05, 0.1) is 26.1 Å². The third-order valence-corrected chi connectivity index (χ3v) is 7.04. The van der Waals surface area contributed by atoms with Gasteiger partial charge in [-0.1, -0.05) is 137 Å². The van der Waals surface area contributed by atoms with E-state index in [-0.39, 0.29) is 11.9 Å². The molecular weight excluding hydrogens is 520 g/mol. The normalized spacial score (nSPS) is 10.2. The lowest BCUT2D eigenvalue weighted by atomic mass is 10.1.